The monoisotopic (exact) mass is 1570 g/mol. The van der Waals surface area contributed by atoms with Gasteiger partial charge in [0.2, 0.25) is 0 Å². The second kappa shape index (κ2) is 57.1. The first kappa shape index (κ1) is 97.6. The smallest absolute Gasteiger partial charge is 0.308 e. The van der Waals surface area contributed by atoms with Crippen LogP contribution in [0.1, 0.15) is 316 Å². The van der Waals surface area contributed by atoms with Gasteiger partial charge < -0.3 is 129 Å². The van der Waals surface area contributed by atoms with Crippen LogP contribution in [0.5, 0.6) is 0 Å². The van der Waals surface area contributed by atoms with Crippen LogP contribution >= 0.6 is 0 Å². The molecule has 0 amide bonds. The predicted molar refractivity (Wildman–Crippen MR) is 403 cm³/mol. The number of carbonyl (C=O) groups is 2. The van der Waals surface area contributed by atoms with E-state index in [2.05, 4.69) is 0 Å². The lowest BCUT2D eigenvalue weighted by molar-refractivity contribution is -0.316. The summed E-state index contributed by atoms with van der Waals surface area (Å²) in [6.07, 6.45) is 9.66. The zero-order chi connectivity index (χ0) is 79.3. The number of aliphatic hydroxyl groups excluding tert-OH is 16. The third-order valence-electron chi connectivity index (χ3n) is 22.6. The fourth-order valence-corrected chi connectivity index (χ4v) is 15.5. The molecule has 0 aromatic heterocycles. The Labute approximate surface area is 649 Å². The van der Waals surface area contributed by atoms with Crippen molar-refractivity contribution in [2.75, 3.05) is 26.4 Å². The topological polar surface area (TPSA) is 450 Å². The number of cyclic esters (lactones) is 2. The predicted octanol–water partition coefficient (Wildman–Crippen LogP) is 6.94. The lowest BCUT2D eigenvalue weighted by atomic mass is 9.98. The minimum Gasteiger partial charge on any atom is -0.463 e. The summed E-state index contributed by atoms with van der Waals surface area (Å²) in [4.78, 5) is 27.2. The van der Waals surface area contributed by atoms with E-state index in [-0.39, 0.29) is 37.3 Å². The molecule has 0 aliphatic carbocycles. The zero-order valence-electron chi connectivity index (χ0n) is 66.1. The van der Waals surface area contributed by atoms with Gasteiger partial charge in [-0.2, -0.15) is 0 Å². The van der Waals surface area contributed by atoms with Crippen molar-refractivity contribution in [1.82, 2.24) is 0 Å². The van der Waals surface area contributed by atoms with E-state index >= 15 is 0 Å². The number of hydrogen-bond acceptors (Lipinski definition) is 28. The number of carbonyl (C=O) groups excluding carboxylic acids is 2. The molecule has 5 rings (SSSR count). The molecule has 5 fully saturated rings. The summed E-state index contributed by atoms with van der Waals surface area (Å²) in [6, 6.07) is 0. The van der Waals surface area contributed by atoms with Crippen molar-refractivity contribution in [2.24, 2.45) is 0 Å². The summed E-state index contributed by atoms with van der Waals surface area (Å²) in [7, 11) is 0. The van der Waals surface area contributed by atoms with Crippen LogP contribution in [-0.4, -0.2) is 280 Å². The Balaban J connectivity index is 0.994. The van der Waals surface area contributed by atoms with Crippen LogP contribution in [0.2, 0.25) is 0 Å². The Morgan fingerprint density at radius 3 is 0.826 bits per heavy atom. The summed E-state index contributed by atoms with van der Waals surface area (Å²) < 4.78 is 59.3. The van der Waals surface area contributed by atoms with Gasteiger partial charge in [-0.15, -0.1) is 0 Å². The molecule has 0 saturated carbocycles. The fraction of sp³-hybridized carbons (Fsp3) is 0.975. The molecule has 28 heteroatoms. The maximum atomic E-state index is 13.6. The zero-order valence-corrected chi connectivity index (χ0v) is 66.1. The first-order valence-electron chi connectivity index (χ1n) is 42.8. The maximum absolute atomic E-state index is 13.6. The number of rotatable bonds is 55. The van der Waals surface area contributed by atoms with Crippen molar-refractivity contribution >= 4 is 11.9 Å². The van der Waals surface area contributed by atoms with Crippen molar-refractivity contribution in [3.63, 3.8) is 0 Å². The molecule has 5 aliphatic heterocycles. The summed E-state index contributed by atoms with van der Waals surface area (Å²) >= 11 is 0. The Morgan fingerprint density at radius 2 is 0.550 bits per heavy atom. The lowest BCUT2D eigenvalue weighted by Crippen LogP contribution is -2.60. The van der Waals surface area contributed by atoms with Gasteiger partial charge in [-0.3, -0.25) is 9.59 Å². The number of ether oxygens (including phenoxy) is 10. The molecule has 109 heavy (non-hydrogen) atoms. The first-order valence-corrected chi connectivity index (χ1v) is 42.8. The highest BCUT2D eigenvalue weighted by Crippen LogP contribution is 2.33. The van der Waals surface area contributed by atoms with Crippen molar-refractivity contribution < 1.29 is 139 Å². The molecule has 5 heterocycles. The highest BCUT2D eigenvalue weighted by molar-refractivity contribution is 5.70. The maximum Gasteiger partial charge on any atom is 0.308 e. The highest BCUT2D eigenvalue weighted by Gasteiger charge is 2.50. The molecule has 5 aliphatic rings. The quantitative estimate of drug-likeness (QED) is 0.0216. The lowest BCUT2D eigenvalue weighted by Gasteiger charge is -2.42. The van der Waals surface area contributed by atoms with Gasteiger partial charge in [0.1, 0.15) is 111 Å². The largest absolute Gasteiger partial charge is 0.463 e. The molecule has 16 N–H and O–H groups in total. The van der Waals surface area contributed by atoms with Crippen LogP contribution in [0.15, 0.2) is 0 Å². The summed E-state index contributed by atoms with van der Waals surface area (Å²) in [5.74, 6) is -1.54. The van der Waals surface area contributed by atoms with E-state index in [9.17, 15) is 91.3 Å². The normalized spacial score (nSPS) is 32.9. The van der Waals surface area contributed by atoms with Crippen LogP contribution < -0.4 is 0 Å². The van der Waals surface area contributed by atoms with Crippen LogP contribution in [0.25, 0.3) is 0 Å². The Hall–Kier alpha value is -2.02. The average Bonchev–Trinajstić information content (AvgIpc) is 0.814. The molecule has 0 unspecified atom stereocenters. The minimum atomic E-state index is -1.76. The van der Waals surface area contributed by atoms with Gasteiger partial charge >= 0.3 is 11.9 Å². The van der Waals surface area contributed by atoms with Crippen molar-refractivity contribution in [3.05, 3.63) is 0 Å². The van der Waals surface area contributed by atoms with Gasteiger partial charge in [-0.05, 0) is 65.2 Å². The number of aliphatic hydroxyl groups is 16. The number of hydrogen-bond donors (Lipinski definition) is 16. The second-order valence-electron chi connectivity index (χ2n) is 32.3. The van der Waals surface area contributed by atoms with E-state index in [1.165, 1.54) is 51.4 Å². The third-order valence-corrected chi connectivity index (χ3v) is 22.6. The SMILES string of the molecule is C[C@H](O)CCCCCCCCCCCCCC[C@H](CCCCCCCCCCCCC[C@H]1CC(=O)OC[C@H]2O[C@@H](O[C@H](CCCCCCCCCCCCC[C@H](CCCCC[C@H](C)O)O[C@@H]3O[C@H](CO)[C@@H](O)[C@H](O)[C@H]3O)CC(=O)OC[C@H]3O[C@@H](O1)[C@H](O)[C@@H](O)[C@@H]3O)[C@H](O)[C@@H](O)[C@@H]2O)O[C@H]1O[C@@H](CO)[C@H](O)[C@@H](O)[C@@H]1O. The number of esters is 2. The van der Waals surface area contributed by atoms with E-state index in [1.54, 1.807) is 6.92 Å². The molecule has 4 bridgehead atoms. The average molecular weight is 1570 g/mol. The number of unbranched alkanes of at least 4 members (excludes halogenated alkanes) is 33. The third kappa shape index (κ3) is 38.3. The van der Waals surface area contributed by atoms with Gasteiger partial charge in [0, 0.05) is 0 Å². The van der Waals surface area contributed by atoms with Gasteiger partial charge in [-0.1, -0.05) is 238 Å². The molecule has 642 valence electrons. The van der Waals surface area contributed by atoms with E-state index in [4.69, 9.17) is 47.4 Å². The van der Waals surface area contributed by atoms with Crippen LogP contribution in [-0.2, 0) is 57.0 Å². The van der Waals surface area contributed by atoms with Crippen molar-refractivity contribution in [3.8, 4) is 0 Å². The van der Waals surface area contributed by atoms with Gasteiger partial charge in [0.25, 0.3) is 0 Å². The van der Waals surface area contributed by atoms with Gasteiger partial charge in [-0.25, -0.2) is 0 Å². The first-order chi connectivity index (χ1) is 52.5. The Morgan fingerprint density at radius 1 is 0.303 bits per heavy atom. The summed E-state index contributed by atoms with van der Waals surface area (Å²) in [6.45, 7) is 1.47. The van der Waals surface area contributed by atoms with Crippen molar-refractivity contribution in [2.45, 2.75) is 475 Å². The highest BCUT2D eigenvalue weighted by atomic mass is 16.7. The molecule has 0 aromatic carbocycles. The van der Waals surface area contributed by atoms with Gasteiger partial charge in [0.15, 0.2) is 25.2 Å². The fourth-order valence-electron chi connectivity index (χ4n) is 15.5. The van der Waals surface area contributed by atoms with Crippen LogP contribution in [0, 0.1) is 0 Å². The van der Waals surface area contributed by atoms with Crippen LogP contribution in [0.4, 0.5) is 0 Å². The van der Waals surface area contributed by atoms with Gasteiger partial charge in [0.05, 0.1) is 62.7 Å². The summed E-state index contributed by atoms with van der Waals surface area (Å²) in [5.41, 5.74) is 0. The van der Waals surface area contributed by atoms with E-state index < -0.39 is 173 Å². The number of fused-ring (bicyclic) bond motifs is 4. The standard InChI is InChI=1S/C81H150O28/c1-54(84)40-32-25-19-13-7-3-4-8-14-20-26-34-42-56(102-78-74(96)70(92)66(88)60(50-82)106-78)43-35-27-21-15-9-5-11-17-23-29-37-46-58-48-64(86)100-52-63-69(91)73(95)77(99)81(109-63)105-59(49-65(87)101-53-62-68(90)72(94)76(98)80(104-58)108-62)47-38-30-24-18-12-6-10-16-22-28-36-44-57(45-39-31-33-41-55(2)85)103-79-75(97)71(93)67(89)61(51-83)107-79/h54-63,66-85,88-99H,3-53H2,1-2H3/t54-,55-,56+,57+,58-,59+,60-,61+,62+,63+,66-,67+,68+,69+,70+,71-,72-,73-,74-,75+,76+,77+,78-,79+,80+,81+/m0/s1. The molecule has 5 saturated heterocycles. The van der Waals surface area contributed by atoms with E-state index in [0.29, 0.717) is 44.9 Å². The molecule has 0 aromatic rings. The minimum absolute atomic E-state index is 0.209. The molecule has 26 atom stereocenters. The van der Waals surface area contributed by atoms with Crippen molar-refractivity contribution in [1.29, 1.82) is 0 Å². The van der Waals surface area contributed by atoms with Crippen LogP contribution in [0.3, 0.4) is 0 Å². The summed E-state index contributed by atoms with van der Waals surface area (Å²) in [5, 5.41) is 167. The van der Waals surface area contributed by atoms with E-state index in [0.717, 1.165) is 193 Å². The molecule has 0 radical (unpaired) electrons. The Kier molecular flexibility index (Phi) is 51.1. The molecule has 28 nitrogen and oxygen atoms in total. The molecule has 0 spiro atoms. The Bertz CT molecular complexity index is 2260. The molecular formula is C81H150O28. The van der Waals surface area contributed by atoms with E-state index in [1.807, 2.05) is 6.92 Å². The second-order valence-corrected chi connectivity index (χ2v) is 32.3. The molecular weight excluding hydrogens is 1420 g/mol.